The lowest BCUT2D eigenvalue weighted by molar-refractivity contribution is -0.121. The lowest BCUT2D eigenvalue weighted by atomic mass is 10.0. The number of nitrogens with two attached hydrogens (primary N) is 1. The average molecular weight is 242 g/mol. The molecule has 0 bridgehead atoms. The van der Waals surface area contributed by atoms with Crippen LogP contribution in [0.4, 0.5) is 4.79 Å². The van der Waals surface area contributed by atoms with Crippen LogP contribution in [0.3, 0.4) is 0 Å². The lowest BCUT2D eigenvalue weighted by Gasteiger charge is -2.33. The molecule has 0 aromatic heterocycles. The molecular formula is C11H22N4O2. The van der Waals surface area contributed by atoms with Crippen molar-refractivity contribution in [1.29, 1.82) is 0 Å². The molecule has 3 amide bonds. The highest BCUT2D eigenvalue weighted by Gasteiger charge is 2.21. The molecule has 1 heterocycles. The standard InChI is InChI=1S/C11H22N4O2/c1-8(10(16)14-11(12)17)13-7-9-5-3-4-6-15(9)2/h8-9,13H,3-7H2,1-2H3,(H3,12,14,16,17). The summed E-state index contributed by atoms with van der Waals surface area (Å²) in [6.45, 7) is 3.58. The molecule has 0 radical (unpaired) electrons. The molecule has 0 spiro atoms. The highest BCUT2D eigenvalue weighted by Crippen LogP contribution is 2.14. The van der Waals surface area contributed by atoms with Gasteiger partial charge in [0.15, 0.2) is 0 Å². The van der Waals surface area contributed by atoms with E-state index in [1.54, 1.807) is 6.92 Å². The largest absolute Gasteiger partial charge is 0.351 e. The number of piperidine rings is 1. The molecule has 1 saturated heterocycles. The molecular weight excluding hydrogens is 220 g/mol. The Morgan fingerprint density at radius 2 is 2.18 bits per heavy atom. The molecule has 0 aromatic rings. The van der Waals surface area contributed by atoms with Gasteiger partial charge in [-0.1, -0.05) is 6.42 Å². The van der Waals surface area contributed by atoms with Gasteiger partial charge in [0.05, 0.1) is 6.04 Å². The van der Waals surface area contributed by atoms with Crippen molar-refractivity contribution in [2.75, 3.05) is 20.1 Å². The van der Waals surface area contributed by atoms with E-state index in [4.69, 9.17) is 5.73 Å². The topological polar surface area (TPSA) is 87.5 Å². The van der Waals surface area contributed by atoms with E-state index in [9.17, 15) is 9.59 Å². The minimum Gasteiger partial charge on any atom is -0.351 e. The van der Waals surface area contributed by atoms with Gasteiger partial charge in [0, 0.05) is 12.6 Å². The molecule has 17 heavy (non-hydrogen) atoms. The molecule has 1 rings (SSSR count). The molecule has 0 aliphatic carbocycles. The zero-order chi connectivity index (χ0) is 12.8. The summed E-state index contributed by atoms with van der Waals surface area (Å²) < 4.78 is 0. The number of nitrogens with zero attached hydrogens (tertiary/aromatic N) is 1. The molecule has 2 atom stereocenters. The van der Waals surface area contributed by atoms with E-state index in [-0.39, 0.29) is 5.91 Å². The van der Waals surface area contributed by atoms with E-state index in [0.29, 0.717) is 6.04 Å². The predicted molar refractivity (Wildman–Crippen MR) is 65.5 cm³/mol. The summed E-state index contributed by atoms with van der Waals surface area (Å²) in [6.07, 6.45) is 3.62. The van der Waals surface area contributed by atoms with E-state index < -0.39 is 12.1 Å². The number of carbonyl (C=O) groups is 2. The highest BCUT2D eigenvalue weighted by atomic mass is 16.2. The first-order valence-corrected chi connectivity index (χ1v) is 6.04. The molecule has 6 heteroatoms. The van der Waals surface area contributed by atoms with Gasteiger partial charge < -0.3 is 16.0 Å². The third-order valence-electron chi connectivity index (χ3n) is 3.22. The normalized spacial score (nSPS) is 23.1. The first-order valence-electron chi connectivity index (χ1n) is 6.04. The summed E-state index contributed by atoms with van der Waals surface area (Å²) in [5.74, 6) is -0.379. The number of carbonyl (C=O) groups excluding carboxylic acids is 2. The fourth-order valence-electron chi connectivity index (χ4n) is 2.04. The summed E-state index contributed by atoms with van der Waals surface area (Å²) in [7, 11) is 2.10. The Hall–Kier alpha value is -1.14. The number of primary amides is 1. The summed E-state index contributed by atoms with van der Waals surface area (Å²) in [5.41, 5.74) is 4.89. The Labute approximate surface area is 102 Å². The van der Waals surface area contributed by atoms with E-state index >= 15 is 0 Å². The van der Waals surface area contributed by atoms with Crippen molar-refractivity contribution in [3.8, 4) is 0 Å². The molecule has 2 unspecified atom stereocenters. The van der Waals surface area contributed by atoms with Crippen LogP contribution in [0.2, 0.25) is 0 Å². The zero-order valence-corrected chi connectivity index (χ0v) is 10.5. The van der Waals surface area contributed by atoms with Crippen LogP contribution in [0.1, 0.15) is 26.2 Å². The SMILES string of the molecule is CC(NCC1CCCCN1C)C(=O)NC(N)=O. The fourth-order valence-corrected chi connectivity index (χ4v) is 2.04. The van der Waals surface area contributed by atoms with Crippen molar-refractivity contribution in [3.05, 3.63) is 0 Å². The molecule has 98 valence electrons. The number of likely N-dealkylation sites (N-methyl/N-ethyl adjacent to an activating group) is 1. The summed E-state index contributed by atoms with van der Waals surface area (Å²) in [4.78, 5) is 24.2. The Bertz CT molecular complexity index is 283. The first-order chi connectivity index (χ1) is 8.00. The van der Waals surface area contributed by atoms with E-state index in [0.717, 1.165) is 19.5 Å². The van der Waals surface area contributed by atoms with Gasteiger partial charge in [0.1, 0.15) is 0 Å². The Morgan fingerprint density at radius 3 is 2.76 bits per heavy atom. The minimum absolute atomic E-state index is 0.379. The van der Waals surface area contributed by atoms with Crippen LogP contribution in [0, 0.1) is 0 Å². The van der Waals surface area contributed by atoms with Crippen LogP contribution >= 0.6 is 0 Å². The smallest absolute Gasteiger partial charge is 0.318 e. The second-order valence-corrected chi connectivity index (χ2v) is 4.61. The van der Waals surface area contributed by atoms with Crippen molar-refractivity contribution in [3.63, 3.8) is 0 Å². The van der Waals surface area contributed by atoms with E-state index in [2.05, 4.69) is 22.6 Å². The molecule has 1 aliphatic heterocycles. The van der Waals surface area contributed by atoms with Crippen molar-refractivity contribution in [1.82, 2.24) is 15.5 Å². The van der Waals surface area contributed by atoms with Gasteiger partial charge >= 0.3 is 6.03 Å². The van der Waals surface area contributed by atoms with Crippen LogP contribution in [0.15, 0.2) is 0 Å². The quantitative estimate of drug-likeness (QED) is 0.628. The van der Waals surface area contributed by atoms with Crippen LogP contribution < -0.4 is 16.4 Å². The monoisotopic (exact) mass is 242 g/mol. The van der Waals surface area contributed by atoms with Crippen LogP contribution in [-0.4, -0.2) is 49.1 Å². The molecule has 0 aromatic carbocycles. The van der Waals surface area contributed by atoms with Crippen LogP contribution in [-0.2, 0) is 4.79 Å². The van der Waals surface area contributed by atoms with Crippen molar-refractivity contribution < 1.29 is 9.59 Å². The van der Waals surface area contributed by atoms with Crippen LogP contribution in [0.5, 0.6) is 0 Å². The molecule has 6 nitrogen and oxygen atoms in total. The number of hydrogen-bond acceptors (Lipinski definition) is 4. The second kappa shape index (κ2) is 6.56. The Balaban J connectivity index is 2.29. The second-order valence-electron chi connectivity index (χ2n) is 4.61. The number of rotatable bonds is 4. The van der Waals surface area contributed by atoms with Gasteiger partial charge in [0.2, 0.25) is 5.91 Å². The van der Waals surface area contributed by atoms with Crippen LogP contribution in [0.25, 0.3) is 0 Å². The Kier molecular flexibility index (Phi) is 5.37. The predicted octanol–water partition coefficient (Wildman–Crippen LogP) is -0.356. The lowest BCUT2D eigenvalue weighted by Crippen LogP contribution is -2.50. The van der Waals surface area contributed by atoms with Gasteiger partial charge in [-0.05, 0) is 33.4 Å². The average Bonchev–Trinajstić information content (AvgIpc) is 2.26. The van der Waals surface area contributed by atoms with Gasteiger partial charge in [-0.3, -0.25) is 10.1 Å². The third kappa shape index (κ3) is 4.70. The number of likely N-dealkylation sites (tertiary alicyclic amines) is 1. The van der Waals surface area contributed by atoms with E-state index in [1.807, 2.05) is 0 Å². The maximum absolute atomic E-state index is 11.4. The van der Waals surface area contributed by atoms with Crippen molar-refractivity contribution in [2.45, 2.75) is 38.3 Å². The number of imide groups is 1. The van der Waals surface area contributed by atoms with E-state index in [1.165, 1.54) is 12.8 Å². The molecule has 0 saturated carbocycles. The molecule has 4 N–H and O–H groups in total. The van der Waals surface area contributed by atoms with Gasteiger partial charge in [-0.25, -0.2) is 4.79 Å². The molecule has 1 fully saturated rings. The van der Waals surface area contributed by atoms with Crippen molar-refractivity contribution >= 4 is 11.9 Å². The number of nitrogens with one attached hydrogen (secondary N) is 2. The summed E-state index contributed by atoms with van der Waals surface area (Å²) in [6, 6.07) is -0.746. The minimum atomic E-state index is -0.807. The number of amides is 3. The molecule has 1 aliphatic rings. The fraction of sp³-hybridized carbons (Fsp3) is 0.818. The Morgan fingerprint density at radius 1 is 1.47 bits per heavy atom. The van der Waals surface area contributed by atoms with Crippen molar-refractivity contribution in [2.24, 2.45) is 5.73 Å². The van der Waals surface area contributed by atoms with Gasteiger partial charge in [0.25, 0.3) is 0 Å². The van der Waals surface area contributed by atoms with Gasteiger partial charge in [-0.2, -0.15) is 0 Å². The van der Waals surface area contributed by atoms with Gasteiger partial charge in [-0.15, -0.1) is 0 Å². The maximum Gasteiger partial charge on any atom is 0.318 e. The highest BCUT2D eigenvalue weighted by molar-refractivity contribution is 5.96. The summed E-state index contributed by atoms with van der Waals surface area (Å²) >= 11 is 0. The first kappa shape index (κ1) is 13.9. The maximum atomic E-state index is 11.4. The third-order valence-corrected chi connectivity index (χ3v) is 3.22. The number of hydrogen-bond donors (Lipinski definition) is 3. The zero-order valence-electron chi connectivity index (χ0n) is 10.5. The summed E-state index contributed by atoms with van der Waals surface area (Å²) in [5, 5.41) is 5.19. The number of urea groups is 1.